The van der Waals surface area contributed by atoms with Crippen molar-refractivity contribution in [3.63, 3.8) is 0 Å². The Labute approximate surface area is 111 Å². The van der Waals surface area contributed by atoms with Gasteiger partial charge in [-0.25, -0.2) is 9.78 Å². The van der Waals surface area contributed by atoms with Gasteiger partial charge >= 0.3 is 12.1 Å². The molecule has 2 rings (SSSR count). The minimum atomic E-state index is -4.58. The predicted molar refractivity (Wildman–Crippen MR) is 61.0 cm³/mol. The van der Waals surface area contributed by atoms with Gasteiger partial charge in [0.25, 0.3) is 5.91 Å². The van der Waals surface area contributed by atoms with Gasteiger partial charge in [-0.3, -0.25) is 4.79 Å². The Hall–Kier alpha value is -2.12. The molecule has 20 heavy (non-hydrogen) atoms. The van der Waals surface area contributed by atoms with E-state index in [4.69, 9.17) is 5.11 Å². The van der Waals surface area contributed by atoms with Gasteiger partial charge in [0.15, 0.2) is 0 Å². The maximum Gasteiger partial charge on any atom is 0.433 e. The molecule has 0 atom stereocenters. The molecule has 5 nitrogen and oxygen atoms in total. The Morgan fingerprint density at radius 1 is 1.35 bits per heavy atom. The molecule has 1 aliphatic rings. The van der Waals surface area contributed by atoms with Gasteiger partial charge in [0, 0.05) is 0 Å². The Kier molecular flexibility index (Phi) is 3.19. The van der Waals surface area contributed by atoms with Gasteiger partial charge < -0.3 is 10.4 Å². The molecule has 1 saturated carbocycles. The van der Waals surface area contributed by atoms with Crippen LogP contribution in [0, 0.1) is 6.92 Å². The number of hydrogen-bond acceptors (Lipinski definition) is 3. The molecular weight excluding hydrogens is 277 g/mol. The van der Waals surface area contributed by atoms with Crippen LogP contribution < -0.4 is 5.32 Å². The summed E-state index contributed by atoms with van der Waals surface area (Å²) in [4.78, 5) is 26.2. The smallest absolute Gasteiger partial charge is 0.433 e. The fourth-order valence-electron chi connectivity index (χ4n) is 1.76. The number of aromatic nitrogens is 1. The zero-order chi connectivity index (χ0) is 15.1. The van der Waals surface area contributed by atoms with Crippen LogP contribution in [0.2, 0.25) is 0 Å². The number of nitrogens with zero attached hydrogens (tertiary/aromatic N) is 1. The van der Waals surface area contributed by atoms with Gasteiger partial charge in [-0.05, 0) is 31.9 Å². The normalized spacial score (nSPS) is 16.6. The number of carboxylic acids is 1. The monoisotopic (exact) mass is 288 g/mol. The number of nitrogens with one attached hydrogen (secondary N) is 1. The summed E-state index contributed by atoms with van der Waals surface area (Å²) in [5.74, 6) is -1.88. The standard InChI is InChI=1S/C12H11F3N2O3/c1-6-7(2-3-8(16-6)12(13,14)15)9(18)17-11(4-5-11)10(19)20/h2-3H,4-5H2,1H3,(H,17,18)(H,19,20). The molecule has 2 N–H and O–H groups in total. The lowest BCUT2D eigenvalue weighted by atomic mass is 10.1. The number of carbonyl (C=O) groups excluding carboxylic acids is 1. The van der Waals surface area contributed by atoms with Crippen LogP contribution in [0.1, 0.15) is 34.6 Å². The second-order valence-corrected chi connectivity index (χ2v) is 4.67. The van der Waals surface area contributed by atoms with Gasteiger partial charge in [-0.2, -0.15) is 13.2 Å². The van der Waals surface area contributed by atoms with Crippen molar-refractivity contribution >= 4 is 11.9 Å². The average Bonchev–Trinajstić information content (AvgIpc) is 3.08. The Morgan fingerprint density at radius 2 is 1.95 bits per heavy atom. The molecule has 0 spiro atoms. The van der Waals surface area contributed by atoms with E-state index in [1.807, 2.05) is 0 Å². The van der Waals surface area contributed by atoms with Crippen LogP contribution in [0.4, 0.5) is 13.2 Å². The molecule has 8 heteroatoms. The summed E-state index contributed by atoms with van der Waals surface area (Å²) in [5, 5.41) is 11.3. The number of halogens is 3. The van der Waals surface area contributed by atoms with E-state index in [0.29, 0.717) is 18.9 Å². The van der Waals surface area contributed by atoms with Gasteiger partial charge in [0.1, 0.15) is 11.2 Å². The zero-order valence-corrected chi connectivity index (χ0v) is 10.4. The van der Waals surface area contributed by atoms with Crippen molar-refractivity contribution in [2.75, 3.05) is 0 Å². The van der Waals surface area contributed by atoms with E-state index in [1.54, 1.807) is 0 Å². The summed E-state index contributed by atoms with van der Waals surface area (Å²) in [6, 6.07) is 1.70. The number of hydrogen-bond donors (Lipinski definition) is 2. The lowest BCUT2D eigenvalue weighted by molar-refractivity contribution is -0.141. The molecule has 1 heterocycles. The summed E-state index contributed by atoms with van der Waals surface area (Å²) in [5.41, 5.74) is -2.54. The third kappa shape index (κ3) is 2.59. The van der Waals surface area contributed by atoms with Crippen molar-refractivity contribution in [1.82, 2.24) is 10.3 Å². The highest BCUT2D eigenvalue weighted by atomic mass is 19.4. The number of aliphatic carboxylic acids is 1. The van der Waals surface area contributed by atoms with Crippen molar-refractivity contribution in [2.45, 2.75) is 31.5 Å². The van der Waals surface area contributed by atoms with Crippen LogP contribution in [0.5, 0.6) is 0 Å². The van der Waals surface area contributed by atoms with E-state index in [0.717, 1.165) is 6.07 Å². The lowest BCUT2D eigenvalue weighted by Crippen LogP contribution is -2.43. The third-order valence-electron chi connectivity index (χ3n) is 3.13. The van der Waals surface area contributed by atoms with Gasteiger partial charge in [-0.1, -0.05) is 0 Å². The topological polar surface area (TPSA) is 79.3 Å². The number of rotatable bonds is 3. The van der Waals surface area contributed by atoms with Crippen molar-refractivity contribution in [3.8, 4) is 0 Å². The molecule has 1 amide bonds. The van der Waals surface area contributed by atoms with Crippen LogP contribution >= 0.6 is 0 Å². The summed E-state index contributed by atoms with van der Waals surface area (Å²) >= 11 is 0. The number of aryl methyl sites for hydroxylation is 1. The first-order valence-electron chi connectivity index (χ1n) is 5.76. The first-order valence-corrected chi connectivity index (χ1v) is 5.76. The molecule has 0 unspecified atom stereocenters. The number of pyridine rings is 1. The molecule has 108 valence electrons. The first-order chi connectivity index (χ1) is 9.16. The Morgan fingerprint density at radius 3 is 2.35 bits per heavy atom. The Balaban J connectivity index is 2.22. The molecule has 1 aromatic rings. The number of carbonyl (C=O) groups is 2. The lowest BCUT2D eigenvalue weighted by Gasteiger charge is -2.14. The molecule has 1 aliphatic carbocycles. The summed E-state index contributed by atoms with van der Waals surface area (Å²) in [6.45, 7) is 1.27. The fraction of sp³-hybridized carbons (Fsp3) is 0.417. The van der Waals surface area contributed by atoms with Crippen LogP contribution in [-0.2, 0) is 11.0 Å². The maximum absolute atomic E-state index is 12.4. The number of amides is 1. The van der Waals surface area contributed by atoms with Crippen molar-refractivity contribution < 1.29 is 27.9 Å². The fourth-order valence-corrected chi connectivity index (χ4v) is 1.76. The highest BCUT2D eigenvalue weighted by molar-refractivity contribution is 5.99. The van der Waals surface area contributed by atoms with Gasteiger partial charge in [-0.15, -0.1) is 0 Å². The van der Waals surface area contributed by atoms with E-state index >= 15 is 0 Å². The minimum Gasteiger partial charge on any atom is -0.480 e. The SMILES string of the molecule is Cc1nc(C(F)(F)F)ccc1C(=O)NC1(C(=O)O)CC1. The first kappa shape index (κ1) is 14.3. The van der Waals surface area contributed by atoms with Crippen molar-refractivity contribution in [3.05, 3.63) is 29.1 Å². The summed E-state index contributed by atoms with van der Waals surface area (Å²) in [7, 11) is 0. The second-order valence-electron chi connectivity index (χ2n) is 4.67. The molecule has 0 aliphatic heterocycles. The number of alkyl halides is 3. The largest absolute Gasteiger partial charge is 0.480 e. The van der Waals surface area contributed by atoms with Crippen molar-refractivity contribution in [1.29, 1.82) is 0 Å². The maximum atomic E-state index is 12.4. The van der Waals surface area contributed by atoms with Crippen LogP contribution in [-0.4, -0.2) is 27.5 Å². The van der Waals surface area contributed by atoms with E-state index in [2.05, 4.69) is 10.3 Å². The minimum absolute atomic E-state index is 0.0643. The van der Waals surface area contributed by atoms with Crippen LogP contribution in [0.15, 0.2) is 12.1 Å². The van der Waals surface area contributed by atoms with E-state index in [1.165, 1.54) is 6.92 Å². The average molecular weight is 288 g/mol. The molecular formula is C12H11F3N2O3. The highest BCUT2D eigenvalue weighted by Crippen LogP contribution is 2.36. The number of carboxylic acid groups (broad SMARTS) is 1. The molecule has 0 saturated heterocycles. The van der Waals surface area contributed by atoms with Crippen LogP contribution in [0.3, 0.4) is 0 Å². The molecule has 0 aromatic carbocycles. The second kappa shape index (κ2) is 4.46. The Bertz CT molecular complexity index is 580. The molecule has 1 aromatic heterocycles. The third-order valence-corrected chi connectivity index (χ3v) is 3.13. The summed E-state index contributed by atoms with van der Waals surface area (Å²) < 4.78 is 37.3. The highest BCUT2D eigenvalue weighted by Gasteiger charge is 2.51. The summed E-state index contributed by atoms with van der Waals surface area (Å²) in [6.07, 6.45) is -3.97. The predicted octanol–water partition coefficient (Wildman–Crippen LogP) is 1.76. The zero-order valence-electron chi connectivity index (χ0n) is 10.4. The molecule has 1 fully saturated rings. The van der Waals surface area contributed by atoms with E-state index in [9.17, 15) is 22.8 Å². The molecule has 0 radical (unpaired) electrons. The quantitative estimate of drug-likeness (QED) is 0.888. The van der Waals surface area contributed by atoms with E-state index < -0.39 is 29.3 Å². The van der Waals surface area contributed by atoms with Crippen molar-refractivity contribution in [2.24, 2.45) is 0 Å². The van der Waals surface area contributed by atoms with Gasteiger partial charge in [0.05, 0.1) is 11.3 Å². The van der Waals surface area contributed by atoms with Gasteiger partial charge in [0.2, 0.25) is 0 Å². The molecule has 0 bridgehead atoms. The van der Waals surface area contributed by atoms with Crippen LogP contribution in [0.25, 0.3) is 0 Å². The van der Waals surface area contributed by atoms with E-state index in [-0.39, 0.29) is 11.3 Å².